The number of fused-ring (bicyclic) bond motifs is 1. The van der Waals surface area contributed by atoms with Gasteiger partial charge in [0, 0.05) is 11.2 Å². The Hall–Kier alpha value is -0.900. The van der Waals surface area contributed by atoms with Crippen LogP contribution in [0.25, 0.3) is 10.1 Å². The highest BCUT2D eigenvalue weighted by atomic mass is 32.1. The number of hydrogen-bond donors (Lipinski definition) is 1. The molecule has 1 aromatic carbocycles. The van der Waals surface area contributed by atoms with Gasteiger partial charge in [-0.1, -0.05) is 18.2 Å². The Morgan fingerprint density at radius 2 is 2.12 bits per heavy atom. The van der Waals surface area contributed by atoms with Crippen LogP contribution in [0.4, 0.5) is 0 Å². The van der Waals surface area contributed by atoms with Crippen molar-refractivity contribution in [3.8, 4) is 0 Å². The molecular weight excluding hydrogens is 216 g/mol. The molecule has 1 heterocycles. The maximum Gasteiger partial charge on any atom is 0.0346 e. The monoisotopic (exact) mass is 234 g/mol. The van der Waals surface area contributed by atoms with E-state index in [1.54, 1.807) is 0 Å². The van der Waals surface area contributed by atoms with Gasteiger partial charge in [-0.25, -0.2) is 0 Å². The summed E-state index contributed by atoms with van der Waals surface area (Å²) in [6, 6.07) is 8.60. The lowest BCUT2D eigenvalue weighted by molar-refractivity contribution is 0.325. The Kier molecular flexibility index (Phi) is 3.93. The summed E-state index contributed by atoms with van der Waals surface area (Å²) in [4.78, 5) is 2.33. The van der Waals surface area contributed by atoms with Crippen LogP contribution in [-0.2, 0) is 6.54 Å². The van der Waals surface area contributed by atoms with Crippen LogP contribution in [0.5, 0.6) is 0 Å². The highest BCUT2D eigenvalue weighted by Crippen LogP contribution is 2.26. The molecule has 0 unspecified atom stereocenters. The van der Waals surface area contributed by atoms with Gasteiger partial charge in [-0.2, -0.15) is 0 Å². The first-order valence-corrected chi connectivity index (χ1v) is 6.53. The van der Waals surface area contributed by atoms with Crippen molar-refractivity contribution in [2.45, 2.75) is 13.0 Å². The number of benzene rings is 1. The first kappa shape index (κ1) is 11.6. The van der Waals surface area contributed by atoms with Gasteiger partial charge in [0.05, 0.1) is 0 Å². The van der Waals surface area contributed by atoms with Crippen LogP contribution in [-0.4, -0.2) is 25.0 Å². The quantitative estimate of drug-likeness (QED) is 0.862. The van der Waals surface area contributed by atoms with Crippen LogP contribution in [0.1, 0.15) is 12.0 Å². The van der Waals surface area contributed by atoms with E-state index in [4.69, 9.17) is 5.73 Å². The summed E-state index contributed by atoms with van der Waals surface area (Å²) in [6.45, 7) is 2.86. The minimum Gasteiger partial charge on any atom is -0.330 e. The van der Waals surface area contributed by atoms with Gasteiger partial charge in [-0.3, -0.25) is 0 Å². The molecule has 0 aliphatic heterocycles. The number of nitrogens with two attached hydrogens (primary N) is 1. The van der Waals surface area contributed by atoms with Gasteiger partial charge in [-0.05, 0) is 49.0 Å². The van der Waals surface area contributed by atoms with E-state index >= 15 is 0 Å². The maximum absolute atomic E-state index is 5.52. The Morgan fingerprint density at radius 1 is 1.31 bits per heavy atom. The summed E-state index contributed by atoms with van der Waals surface area (Å²) in [5.41, 5.74) is 6.95. The number of nitrogens with zero attached hydrogens (tertiary/aromatic N) is 1. The number of thiophene rings is 1. The van der Waals surface area contributed by atoms with Crippen molar-refractivity contribution >= 4 is 21.4 Å². The highest BCUT2D eigenvalue weighted by Gasteiger charge is 2.05. The van der Waals surface area contributed by atoms with Gasteiger partial charge in [0.2, 0.25) is 0 Å². The van der Waals surface area contributed by atoms with E-state index in [2.05, 4.69) is 41.6 Å². The van der Waals surface area contributed by atoms with Crippen molar-refractivity contribution < 1.29 is 0 Å². The predicted octanol–water partition coefficient (Wildman–Crippen LogP) is 2.68. The molecule has 0 radical (unpaired) electrons. The number of hydrogen-bond acceptors (Lipinski definition) is 3. The van der Waals surface area contributed by atoms with Crippen molar-refractivity contribution in [1.29, 1.82) is 0 Å². The molecule has 0 aliphatic rings. The minimum absolute atomic E-state index is 0.773. The smallest absolute Gasteiger partial charge is 0.0346 e. The van der Waals surface area contributed by atoms with Gasteiger partial charge in [0.1, 0.15) is 0 Å². The normalized spacial score (nSPS) is 11.4. The van der Waals surface area contributed by atoms with Crippen molar-refractivity contribution in [3.63, 3.8) is 0 Å². The molecule has 2 aromatic rings. The molecule has 16 heavy (non-hydrogen) atoms. The molecular formula is C13H18N2S. The van der Waals surface area contributed by atoms with Gasteiger partial charge < -0.3 is 10.6 Å². The zero-order valence-electron chi connectivity index (χ0n) is 9.65. The molecule has 0 spiro atoms. The SMILES string of the molecule is CN(CCCN)Cc1csc2ccccc12. The lowest BCUT2D eigenvalue weighted by atomic mass is 10.1. The van der Waals surface area contributed by atoms with Gasteiger partial charge in [-0.15, -0.1) is 11.3 Å². The van der Waals surface area contributed by atoms with Crippen molar-refractivity contribution in [3.05, 3.63) is 35.2 Å². The average molecular weight is 234 g/mol. The van der Waals surface area contributed by atoms with Crippen LogP contribution in [0.15, 0.2) is 29.6 Å². The molecule has 2 nitrogen and oxygen atoms in total. The highest BCUT2D eigenvalue weighted by molar-refractivity contribution is 7.17. The van der Waals surface area contributed by atoms with E-state index in [-0.39, 0.29) is 0 Å². The van der Waals surface area contributed by atoms with Crippen LogP contribution in [0, 0.1) is 0 Å². The van der Waals surface area contributed by atoms with Gasteiger partial charge in [0.25, 0.3) is 0 Å². The molecule has 0 fully saturated rings. The van der Waals surface area contributed by atoms with E-state index in [0.717, 1.165) is 26.1 Å². The third-order valence-corrected chi connectivity index (χ3v) is 3.76. The lowest BCUT2D eigenvalue weighted by Crippen LogP contribution is -2.21. The Morgan fingerprint density at radius 3 is 2.94 bits per heavy atom. The summed E-state index contributed by atoms with van der Waals surface area (Å²) in [5, 5.41) is 3.66. The fourth-order valence-corrected chi connectivity index (χ4v) is 2.84. The topological polar surface area (TPSA) is 29.3 Å². The van der Waals surface area contributed by atoms with Crippen molar-refractivity contribution in [2.24, 2.45) is 5.73 Å². The third-order valence-electron chi connectivity index (χ3n) is 2.75. The second-order valence-electron chi connectivity index (χ2n) is 4.14. The first-order chi connectivity index (χ1) is 7.81. The van der Waals surface area contributed by atoms with E-state index in [1.165, 1.54) is 15.6 Å². The molecule has 3 heteroatoms. The number of rotatable bonds is 5. The summed E-state index contributed by atoms with van der Waals surface area (Å²) >= 11 is 1.83. The summed E-state index contributed by atoms with van der Waals surface area (Å²) in [6.07, 6.45) is 1.07. The molecule has 86 valence electrons. The molecule has 0 aliphatic carbocycles. The lowest BCUT2D eigenvalue weighted by Gasteiger charge is -2.15. The molecule has 0 amide bonds. The largest absolute Gasteiger partial charge is 0.330 e. The first-order valence-electron chi connectivity index (χ1n) is 5.65. The van der Waals surface area contributed by atoms with Crippen LogP contribution < -0.4 is 5.73 Å². The predicted molar refractivity (Wildman–Crippen MR) is 71.8 cm³/mol. The van der Waals surface area contributed by atoms with E-state index in [1.807, 2.05) is 11.3 Å². The average Bonchev–Trinajstić information content (AvgIpc) is 2.70. The summed E-state index contributed by atoms with van der Waals surface area (Å²) in [5.74, 6) is 0. The second-order valence-corrected chi connectivity index (χ2v) is 5.05. The third kappa shape index (κ3) is 2.61. The van der Waals surface area contributed by atoms with E-state index in [9.17, 15) is 0 Å². The Bertz CT molecular complexity index is 450. The summed E-state index contributed by atoms with van der Waals surface area (Å²) in [7, 11) is 2.15. The minimum atomic E-state index is 0.773. The van der Waals surface area contributed by atoms with Crippen molar-refractivity contribution in [2.75, 3.05) is 20.1 Å². The molecule has 2 rings (SSSR count). The fourth-order valence-electron chi connectivity index (χ4n) is 1.89. The van der Waals surface area contributed by atoms with Crippen LogP contribution >= 0.6 is 11.3 Å². The molecule has 0 bridgehead atoms. The van der Waals surface area contributed by atoms with Gasteiger partial charge >= 0.3 is 0 Å². The standard InChI is InChI=1S/C13H18N2S/c1-15(8-4-7-14)9-11-10-16-13-6-3-2-5-12(11)13/h2-3,5-6,10H,4,7-9,14H2,1H3. The Balaban J connectivity index is 2.09. The van der Waals surface area contributed by atoms with Gasteiger partial charge in [0.15, 0.2) is 0 Å². The summed E-state index contributed by atoms with van der Waals surface area (Å²) < 4.78 is 1.38. The maximum atomic E-state index is 5.52. The molecule has 2 N–H and O–H groups in total. The molecule has 0 saturated carbocycles. The molecule has 1 aromatic heterocycles. The Labute approximate surface area is 101 Å². The van der Waals surface area contributed by atoms with Crippen molar-refractivity contribution in [1.82, 2.24) is 4.90 Å². The van der Waals surface area contributed by atoms with E-state index < -0.39 is 0 Å². The van der Waals surface area contributed by atoms with Crippen LogP contribution in [0.2, 0.25) is 0 Å². The molecule has 0 saturated heterocycles. The fraction of sp³-hybridized carbons (Fsp3) is 0.385. The van der Waals surface area contributed by atoms with E-state index in [0.29, 0.717) is 0 Å². The zero-order chi connectivity index (χ0) is 11.4. The molecule has 0 atom stereocenters. The van der Waals surface area contributed by atoms with Crippen LogP contribution in [0.3, 0.4) is 0 Å². The second kappa shape index (κ2) is 5.43. The zero-order valence-corrected chi connectivity index (χ0v) is 10.5.